The van der Waals surface area contributed by atoms with E-state index in [9.17, 15) is 0 Å². The van der Waals surface area contributed by atoms with Gasteiger partial charge in [0.1, 0.15) is 0 Å². The van der Waals surface area contributed by atoms with E-state index < -0.39 is 0 Å². The molecule has 0 spiro atoms. The summed E-state index contributed by atoms with van der Waals surface area (Å²) in [5.74, 6) is 1.59. The van der Waals surface area contributed by atoms with Gasteiger partial charge in [-0.3, -0.25) is 4.90 Å². The molecule has 0 aromatic carbocycles. The fourth-order valence-electron chi connectivity index (χ4n) is 3.23. The van der Waals surface area contributed by atoms with E-state index in [1.54, 1.807) is 0 Å². The normalized spacial score (nSPS) is 34.3. The summed E-state index contributed by atoms with van der Waals surface area (Å²) in [6, 6.07) is 0. The molecule has 2 aliphatic rings. The van der Waals surface area contributed by atoms with E-state index in [1.165, 1.54) is 38.9 Å². The van der Waals surface area contributed by atoms with E-state index in [1.807, 2.05) is 0 Å². The van der Waals surface area contributed by atoms with Crippen LogP contribution in [0.2, 0.25) is 0 Å². The SMILES string of the molecule is CC(C)CNCC1CCN(C2(C)CCCOC2)C1. The zero-order valence-electron chi connectivity index (χ0n) is 12.4. The van der Waals surface area contributed by atoms with Gasteiger partial charge in [-0.2, -0.15) is 0 Å². The molecular formula is C15H30N2O. The highest BCUT2D eigenvalue weighted by Gasteiger charge is 2.38. The number of hydrogen-bond acceptors (Lipinski definition) is 3. The Morgan fingerprint density at radius 3 is 2.94 bits per heavy atom. The molecule has 2 aliphatic heterocycles. The van der Waals surface area contributed by atoms with Crippen LogP contribution in [0.3, 0.4) is 0 Å². The van der Waals surface area contributed by atoms with Crippen molar-refractivity contribution in [2.45, 2.75) is 45.6 Å². The first-order chi connectivity index (χ1) is 8.60. The quantitative estimate of drug-likeness (QED) is 0.813. The fourth-order valence-corrected chi connectivity index (χ4v) is 3.23. The molecular weight excluding hydrogens is 224 g/mol. The van der Waals surface area contributed by atoms with Gasteiger partial charge in [-0.25, -0.2) is 0 Å². The van der Waals surface area contributed by atoms with Crippen molar-refractivity contribution in [3.05, 3.63) is 0 Å². The van der Waals surface area contributed by atoms with Crippen LogP contribution in [0.4, 0.5) is 0 Å². The zero-order valence-corrected chi connectivity index (χ0v) is 12.4. The maximum Gasteiger partial charge on any atom is 0.0647 e. The molecule has 2 fully saturated rings. The molecule has 2 unspecified atom stereocenters. The van der Waals surface area contributed by atoms with E-state index in [0.29, 0.717) is 5.54 Å². The first kappa shape index (κ1) is 14.3. The van der Waals surface area contributed by atoms with Gasteiger partial charge in [0.15, 0.2) is 0 Å². The number of rotatable bonds is 5. The molecule has 0 amide bonds. The van der Waals surface area contributed by atoms with E-state index >= 15 is 0 Å². The van der Waals surface area contributed by atoms with E-state index in [4.69, 9.17) is 4.74 Å². The summed E-state index contributed by atoms with van der Waals surface area (Å²) in [4.78, 5) is 2.67. The minimum Gasteiger partial charge on any atom is -0.380 e. The van der Waals surface area contributed by atoms with Gasteiger partial charge in [0, 0.05) is 18.7 Å². The van der Waals surface area contributed by atoms with Crippen molar-refractivity contribution in [3.8, 4) is 0 Å². The molecule has 0 aromatic heterocycles. The highest BCUT2D eigenvalue weighted by Crippen LogP contribution is 2.30. The molecule has 3 nitrogen and oxygen atoms in total. The summed E-state index contributed by atoms with van der Waals surface area (Å²) in [5, 5.41) is 3.60. The highest BCUT2D eigenvalue weighted by atomic mass is 16.5. The average molecular weight is 254 g/mol. The van der Waals surface area contributed by atoms with Gasteiger partial charge in [0.05, 0.1) is 6.61 Å². The third kappa shape index (κ3) is 3.69. The van der Waals surface area contributed by atoms with Crippen molar-refractivity contribution in [2.75, 3.05) is 39.4 Å². The fraction of sp³-hybridized carbons (Fsp3) is 1.00. The van der Waals surface area contributed by atoms with Crippen molar-refractivity contribution < 1.29 is 4.74 Å². The van der Waals surface area contributed by atoms with E-state index in [-0.39, 0.29) is 0 Å². The van der Waals surface area contributed by atoms with Crippen LogP contribution in [0, 0.1) is 11.8 Å². The topological polar surface area (TPSA) is 24.5 Å². The van der Waals surface area contributed by atoms with Gasteiger partial charge < -0.3 is 10.1 Å². The van der Waals surface area contributed by atoms with Crippen LogP contribution in [-0.4, -0.2) is 49.8 Å². The Kier molecular flexibility index (Phi) is 5.05. The Labute approximate surface area is 112 Å². The number of ether oxygens (including phenoxy) is 1. The average Bonchev–Trinajstić information content (AvgIpc) is 2.79. The number of nitrogens with one attached hydrogen (secondary N) is 1. The molecule has 18 heavy (non-hydrogen) atoms. The second kappa shape index (κ2) is 6.36. The highest BCUT2D eigenvalue weighted by molar-refractivity contribution is 4.93. The maximum atomic E-state index is 5.69. The van der Waals surface area contributed by atoms with Crippen LogP contribution in [0.5, 0.6) is 0 Å². The van der Waals surface area contributed by atoms with Crippen LogP contribution in [-0.2, 0) is 4.74 Å². The lowest BCUT2D eigenvalue weighted by molar-refractivity contribution is -0.0314. The smallest absolute Gasteiger partial charge is 0.0647 e. The van der Waals surface area contributed by atoms with Gasteiger partial charge in [0.25, 0.3) is 0 Å². The Balaban J connectivity index is 1.73. The van der Waals surface area contributed by atoms with Crippen molar-refractivity contribution in [1.82, 2.24) is 10.2 Å². The third-order valence-electron chi connectivity index (χ3n) is 4.45. The van der Waals surface area contributed by atoms with Crippen molar-refractivity contribution in [1.29, 1.82) is 0 Å². The first-order valence-electron chi connectivity index (χ1n) is 7.64. The Morgan fingerprint density at radius 1 is 1.44 bits per heavy atom. The summed E-state index contributed by atoms with van der Waals surface area (Å²) in [7, 11) is 0. The standard InChI is InChI=1S/C15H30N2O/c1-13(2)9-16-10-14-5-7-17(11-14)15(3)6-4-8-18-12-15/h13-14,16H,4-12H2,1-3H3. The van der Waals surface area contributed by atoms with Crippen molar-refractivity contribution in [3.63, 3.8) is 0 Å². The number of likely N-dealkylation sites (tertiary alicyclic amines) is 1. The van der Waals surface area contributed by atoms with Gasteiger partial charge >= 0.3 is 0 Å². The lowest BCUT2D eigenvalue weighted by atomic mass is 9.93. The molecule has 3 heteroatoms. The lowest BCUT2D eigenvalue weighted by Crippen LogP contribution is -2.51. The van der Waals surface area contributed by atoms with Gasteiger partial charge in [-0.05, 0) is 57.7 Å². The summed E-state index contributed by atoms with van der Waals surface area (Å²) < 4.78 is 5.69. The van der Waals surface area contributed by atoms with Gasteiger partial charge in [-0.15, -0.1) is 0 Å². The number of hydrogen-bond donors (Lipinski definition) is 1. The maximum absolute atomic E-state index is 5.69. The van der Waals surface area contributed by atoms with Crippen LogP contribution in [0.15, 0.2) is 0 Å². The summed E-state index contributed by atoms with van der Waals surface area (Å²) >= 11 is 0. The molecule has 2 atom stereocenters. The summed E-state index contributed by atoms with van der Waals surface area (Å²) in [6.07, 6.45) is 3.88. The third-order valence-corrected chi connectivity index (χ3v) is 4.45. The summed E-state index contributed by atoms with van der Waals surface area (Å²) in [5.41, 5.74) is 0.311. The minimum atomic E-state index is 0.311. The van der Waals surface area contributed by atoms with Crippen molar-refractivity contribution >= 4 is 0 Å². The molecule has 2 heterocycles. The molecule has 0 bridgehead atoms. The van der Waals surface area contributed by atoms with Crippen LogP contribution < -0.4 is 5.32 Å². The first-order valence-corrected chi connectivity index (χ1v) is 7.64. The molecule has 2 rings (SSSR count). The Bertz CT molecular complexity index is 249. The van der Waals surface area contributed by atoms with Crippen molar-refractivity contribution in [2.24, 2.45) is 11.8 Å². The van der Waals surface area contributed by atoms with Gasteiger partial charge in [-0.1, -0.05) is 13.8 Å². The van der Waals surface area contributed by atoms with E-state index in [0.717, 1.165) is 31.6 Å². The van der Waals surface area contributed by atoms with Crippen LogP contribution >= 0.6 is 0 Å². The Hall–Kier alpha value is -0.120. The molecule has 1 N–H and O–H groups in total. The molecule has 0 aliphatic carbocycles. The number of nitrogens with zero attached hydrogens (tertiary/aromatic N) is 1. The molecule has 0 aromatic rings. The monoisotopic (exact) mass is 254 g/mol. The Morgan fingerprint density at radius 2 is 2.28 bits per heavy atom. The van der Waals surface area contributed by atoms with Gasteiger partial charge in [0.2, 0.25) is 0 Å². The minimum absolute atomic E-state index is 0.311. The molecule has 2 saturated heterocycles. The lowest BCUT2D eigenvalue weighted by Gasteiger charge is -2.41. The van der Waals surface area contributed by atoms with Crippen LogP contribution in [0.1, 0.15) is 40.0 Å². The predicted molar refractivity (Wildman–Crippen MR) is 75.8 cm³/mol. The molecule has 0 saturated carbocycles. The largest absolute Gasteiger partial charge is 0.380 e. The second-order valence-electron chi connectivity index (χ2n) is 6.81. The van der Waals surface area contributed by atoms with E-state index in [2.05, 4.69) is 31.0 Å². The summed E-state index contributed by atoms with van der Waals surface area (Å²) in [6.45, 7) is 13.7. The molecule has 106 valence electrons. The predicted octanol–water partition coefficient (Wildman–Crippen LogP) is 2.12. The molecule has 0 radical (unpaired) electrons. The zero-order chi connectivity index (χ0) is 13.0. The van der Waals surface area contributed by atoms with Crippen LogP contribution in [0.25, 0.3) is 0 Å². The second-order valence-corrected chi connectivity index (χ2v) is 6.81.